The van der Waals surface area contributed by atoms with Gasteiger partial charge in [-0.3, -0.25) is 14.3 Å². The van der Waals surface area contributed by atoms with Crippen LogP contribution in [0, 0.1) is 11.8 Å². The Morgan fingerprint density at radius 3 is 3.00 bits per heavy atom. The van der Waals surface area contributed by atoms with Crippen LogP contribution in [-0.2, 0) is 27.8 Å². The fraction of sp³-hybridized carbons (Fsp3) is 0.263. The molecule has 0 bridgehead atoms. The topological polar surface area (TPSA) is 121 Å². The number of pyridine rings is 2. The smallest absolute Gasteiger partial charge is 0.312 e. The quantitative estimate of drug-likeness (QED) is 0.480. The fourth-order valence-corrected chi connectivity index (χ4v) is 3.05. The number of hydrogen-bond donors (Lipinski definition) is 1. The number of rotatable bonds is 5. The molecule has 1 atom stereocenters. The summed E-state index contributed by atoms with van der Waals surface area (Å²) in [6.45, 7) is 1.27. The molecule has 0 fully saturated rings. The number of nitrogens with one attached hydrogen (secondary N) is 1. The molecule has 4 heterocycles. The average molecular weight is 430 g/mol. The molecule has 3 aromatic rings. The highest BCUT2D eigenvalue weighted by Crippen LogP contribution is 2.30. The molecule has 1 unspecified atom stereocenters. The number of aromatic nitrogens is 5. The zero-order valence-corrected chi connectivity index (χ0v) is 16.4. The number of ether oxygens (including phenoxy) is 2. The third-order valence-electron chi connectivity index (χ3n) is 4.57. The molecule has 0 aliphatic carbocycles. The van der Waals surface area contributed by atoms with E-state index in [1.807, 2.05) is 0 Å². The SMILES string of the molecule is CC(OC(=O)Cc1c(-c2ccc3c(n2)OCC(=O)N3)nnn1C)c1cc(F)ncc1F. The number of hydrogen-bond acceptors (Lipinski definition) is 8. The van der Waals surface area contributed by atoms with Crippen LogP contribution < -0.4 is 10.1 Å². The maximum Gasteiger partial charge on any atom is 0.312 e. The van der Waals surface area contributed by atoms with Gasteiger partial charge in [0, 0.05) is 18.7 Å². The van der Waals surface area contributed by atoms with Crippen molar-refractivity contribution in [3.8, 4) is 17.3 Å². The Kier molecular flexibility index (Phi) is 5.28. The summed E-state index contributed by atoms with van der Waals surface area (Å²) in [5.41, 5.74) is 1.38. The first kappa shape index (κ1) is 20.3. The predicted octanol–water partition coefficient (Wildman–Crippen LogP) is 1.73. The molecule has 0 saturated carbocycles. The van der Waals surface area contributed by atoms with E-state index in [-0.39, 0.29) is 30.4 Å². The molecular weight excluding hydrogens is 414 g/mol. The standard InChI is InChI=1S/C19H16F2N6O4/c1-9(10-5-15(21)22-7-11(10)20)31-17(29)6-14-18(25-26-27(14)2)12-3-4-13-19(24-12)30-8-16(28)23-13/h3-5,7,9H,6,8H2,1-2H3,(H,23,28). The Hall–Kier alpha value is -3.96. The summed E-state index contributed by atoms with van der Waals surface area (Å²) in [6, 6.07) is 4.08. The van der Waals surface area contributed by atoms with Crippen LogP contribution in [0.25, 0.3) is 11.4 Å². The van der Waals surface area contributed by atoms with E-state index in [0.29, 0.717) is 22.8 Å². The highest BCUT2D eigenvalue weighted by atomic mass is 19.1. The molecule has 10 nitrogen and oxygen atoms in total. The second-order valence-corrected chi connectivity index (χ2v) is 6.73. The number of fused-ring (bicyclic) bond motifs is 1. The minimum Gasteiger partial charge on any atom is -0.466 e. The van der Waals surface area contributed by atoms with Gasteiger partial charge in [-0.15, -0.1) is 5.10 Å². The number of carbonyl (C=O) groups is 2. The lowest BCUT2D eigenvalue weighted by Gasteiger charge is -2.17. The van der Waals surface area contributed by atoms with Gasteiger partial charge in [0.1, 0.15) is 23.3 Å². The average Bonchev–Trinajstić information content (AvgIpc) is 3.09. The molecule has 1 aliphatic rings. The Morgan fingerprint density at radius 1 is 1.39 bits per heavy atom. The molecule has 31 heavy (non-hydrogen) atoms. The number of nitrogens with zero attached hydrogens (tertiary/aromatic N) is 5. The number of esters is 1. The second-order valence-electron chi connectivity index (χ2n) is 6.73. The zero-order chi connectivity index (χ0) is 22.1. The molecule has 1 N–H and O–H groups in total. The van der Waals surface area contributed by atoms with E-state index in [0.717, 1.165) is 12.3 Å². The molecule has 1 amide bonds. The van der Waals surface area contributed by atoms with Gasteiger partial charge in [0.05, 0.1) is 24.0 Å². The van der Waals surface area contributed by atoms with Crippen LogP contribution in [0.15, 0.2) is 24.4 Å². The number of anilines is 1. The summed E-state index contributed by atoms with van der Waals surface area (Å²) < 4.78 is 39.1. The normalized spacial score (nSPS) is 13.7. The summed E-state index contributed by atoms with van der Waals surface area (Å²) in [5.74, 6) is -2.42. The summed E-state index contributed by atoms with van der Waals surface area (Å²) in [6.07, 6.45) is -0.549. The minimum absolute atomic E-state index is 0.125. The Bertz CT molecular complexity index is 1180. The molecule has 0 saturated heterocycles. The summed E-state index contributed by atoms with van der Waals surface area (Å²) in [4.78, 5) is 31.4. The van der Waals surface area contributed by atoms with Gasteiger partial charge in [-0.2, -0.15) is 4.39 Å². The lowest BCUT2D eigenvalue weighted by atomic mass is 10.1. The maximum atomic E-state index is 13.9. The van der Waals surface area contributed by atoms with E-state index in [2.05, 4.69) is 25.6 Å². The van der Waals surface area contributed by atoms with E-state index in [1.165, 1.54) is 11.6 Å². The van der Waals surface area contributed by atoms with Crippen LogP contribution in [0.2, 0.25) is 0 Å². The van der Waals surface area contributed by atoms with Crippen molar-refractivity contribution in [3.05, 3.63) is 47.4 Å². The monoisotopic (exact) mass is 430 g/mol. The predicted molar refractivity (Wildman–Crippen MR) is 101 cm³/mol. The molecule has 0 spiro atoms. The van der Waals surface area contributed by atoms with E-state index in [9.17, 15) is 18.4 Å². The number of halogens is 2. The van der Waals surface area contributed by atoms with E-state index in [1.54, 1.807) is 19.2 Å². The Balaban J connectivity index is 1.54. The third kappa shape index (κ3) is 4.17. The molecule has 0 radical (unpaired) electrons. The van der Waals surface area contributed by atoms with Gasteiger partial charge >= 0.3 is 5.97 Å². The van der Waals surface area contributed by atoms with Crippen molar-refractivity contribution < 1.29 is 27.8 Å². The summed E-state index contributed by atoms with van der Waals surface area (Å²) in [5, 5.41) is 10.6. The number of carbonyl (C=O) groups excluding carboxylic acids is 2. The van der Waals surface area contributed by atoms with Crippen molar-refractivity contribution in [1.82, 2.24) is 25.0 Å². The van der Waals surface area contributed by atoms with Crippen molar-refractivity contribution in [2.45, 2.75) is 19.4 Å². The van der Waals surface area contributed by atoms with E-state index < -0.39 is 23.8 Å². The van der Waals surface area contributed by atoms with Crippen molar-refractivity contribution in [3.63, 3.8) is 0 Å². The molecular formula is C19H16F2N6O4. The van der Waals surface area contributed by atoms with Crippen LogP contribution in [0.1, 0.15) is 24.3 Å². The maximum absolute atomic E-state index is 13.9. The molecule has 12 heteroatoms. The number of aryl methyl sites for hydroxylation is 1. The van der Waals surface area contributed by atoms with Gasteiger partial charge < -0.3 is 14.8 Å². The molecule has 0 aromatic carbocycles. The summed E-state index contributed by atoms with van der Waals surface area (Å²) in [7, 11) is 1.59. The minimum atomic E-state index is -1.03. The van der Waals surface area contributed by atoms with Crippen LogP contribution in [0.3, 0.4) is 0 Å². The van der Waals surface area contributed by atoms with Gasteiger partial charge in [0.15, 0.2) is 6.61 Å². The van der Waals surface area contributed by atoms with Gasteiger partial charge in [0.25, 0.3) is 5.91 Å². The van der Waals surface area contributed by atoms with Crippen molar-refractivity contribution in [2.75, 3.05) is 11.9 Å². The van der Waals surface area contributed by atoms with Crippen molar-refractivity contribution in [2.24, 2.45) is 7.05 Å². The highest BCUT2D eigenvalue weighted by molar-refractivity contribution is 5.95. The van der Waals surface area contributed by atoms with Gasteiger partial charge in [0.2, 0.25) is 11.8 Å². The third-order valence-corrected chi connectivity index (χ3v) is 4.57. The lowest BCUT2D eigenvalue weighted by molar-refractivity contribution is -0.148. The second kappa shape index (κ2) is 8.05. The Labute approximate surface area is 174 Å². The van der Waals surface area contributed by atoms with Crippen LogP contribution in [0.4, 0.5) is 14.5 Å². The van der Waals surface area contributed by atoms with Crippen molar-refractivity contribution >= 4 is 17.6 Å². The first-order chi connectivity index (χ1) is 14.8. The van der Waals surface area contributed by atoms with Gasteiger partial charge in [-0.25, -0.2) is 14.4 Å². The zero-order valence-electron chi connectivity index (χ0n) is 16.4. The van der Waals surface area contributed by atoms with Gasteiger partial charge in [-0.05, 0) is 19.1 Å². The first-order valence-electron chi connectivity index (χ1n) is 9.15. The molecule has 1 aliphatic heterocycles. The molecule has 160 valence electrons. The van der Waals surface area contributed by atoms with Crippen LogP contribution in [0.5, 0.6) is 5.88 Å². The van der Waals surface area contributed by atoms with E-state index in [4.69, 9.17) is 9.47 Å². The largest absolute Gasteiger partial charge is 0.466 e. The molecule has 4 rings (SSSR count). The number of amides is 1. The van der Waals surface area contributed by atoms with Crippen molar-refractivity contribution in [1.29, 1.82) is 0 Å². The summed E-state index contributed by atoms with van der Waals surface area (Å²) >= 11 is 0. The first-order valence-corrected chi connectivity index (χ1v) is 9.15. The lowest BCUT2D eigenvalue weighted by Crippen LogP contribution is -2.26. The van der Waals surface area contributed by atoms with Crippen LogP contribution in [-0.4, -0.2) is 43.4 Å². The van der Waals surface area contributed by atoms with Crippen LogP contribution >= 0.6 is 0 Å². The molecule has 3 aromatic heterocycles. The Morgan fingerprint density at radius 2 is 2.19 bits per heavy atom. The highest BCUT2D eigenvalue weighted by Gasteiger charge is 2.24. The van der Waals surface area contributed by atoms with Gasteiger partial charge in [-0.1, -0.05) is 5.21 Å². The fourth-order valence-electron chi connectivity index (χ4n) is 3.05. The van der Waals surface area contributed by atoms with E-state index >= 15 is 0 Å².